The molecular formula is C13H14F3N3O2. The lowest BCUT2D eigenvalue weighted by Crippen LogP contribution is -2.29. The van der Waals surface area contributed by atoms with Gasteiger partial charge in [-0.2, -0.15) is 18.4 Å². The monoisotopic (exact) mass is 301 g/mol. The maximum absolute atomic E-state index is 12.9. The number of nitrogens with zero attached hydrogens (tertiary/aromatic N) is 1. The Morgan fingerprint density at radius 1 is 1.43 bits per heavy atom. The molecule has 0 unspecified atom stereocenters. The van der Waals surface area contributed by atoms with Crippen LogP contribution in [-0.4, -0.2) is 25.6 Å². The van der Waals surface area contributed by atoms with Crippen molar-refractivity contribution in [3.05, 3.63) is 29.3 Å². The molecule has 1 aromatic rings. The molecule has 0 heterocycles. The van der Waals surface area contributed by atoms with E-state index < -0.39 is 30.0 Å². The summed E-state index contributed by atoms with van der Waals surface area (Å²) in [5.74, 6) is -1.11. The highest BCUT2D eigenvalue weighted by molar-refractivity contribution is 5.77. The zero-order valence-electron chi connectivity index (χ0n) is 11.0. The predicted octanol–water partition coefficient (Wildman–Crippen LogP) is 1.23. The number of benzene rings is 1. The number of nitriles is 1. The minimum Gasteiger partial charge on any atom is -0.483 e. The molecule has 0 aliphatic rings. The van der Waals surface area contributed by atoms with Gasteiger partial charge in [-0.05, 0) is 30.7 Å². The quantitative estimate of drug-likeness (QED) is 0.773. The first kappa shape index (κ1) is 16.8. The van der Waals surface area contributed by atoms with Crippen LogP contribution in [0, 0.1) is 11.3 Å². The Morgan fingerprint density at radius 3 is 2.71 bits per heavy atom. The number of hydrogen-bond donors (Lipinski definition) is 2. The molecule has 1 aromatic carbocycles. The molecule has 8 heteroatoms. The minimum atomic E-state index is -4.59. The van der Waals surface area contributed by atoms with E-state index >= 15 is 0 Å². The van der Waals surface area contributed by atoms with Crippen LogP contribution in [0.3, 0.4) is 0 Å². The normalized spacial score (nSPS) is 10.8. The molecule has 0 saturated heterocycles. The Morgan fingerprint density at radius 2 is 2.14 bits per heavy atom. The second-order valence-corrected chi connectivity index (χ2v) is 4.09. The highest BCUT2D eigenvalue weighted by atomic mass is 19.4. The number of amides is 1. The third kappa shape index (κ3) is 5.31. The largest absolute Gasteiger partial charge is 0.483 e. The molecule has 1 amide bonds. The van der Waals surface area contributed by atoms with E-state index in [2.05, 4.69) is 5.32 Å². The van der Waals surface area contributed by atoms with E-state index in [1.165, 1.54) is 6.07 Å². The van der Waals surface area contributed by atoms with Gasteiger partial charge < -0.3 is 15.8 Å². The number of ether oxygens (including phenoxy) is 1. The van der Waals surface area contributed by atoms with Crippen molar-refractivity contribution >= 4 is 5.91 Å². The lowest BCUT2D eigenvalue weighted by molar-refractivity contribution is -0.139. The van der Waals surface area contributed by atoms with Crippen LogP contribution in [0.5, 0.6) is 5.75 Å². The molecule has 0 bridgehead atoms. The van der Waals surface area contributed by atoms with Gasteiger partial charge in [0.1, 0.15) is 12.3 Å². The number of carbonyl (C=O) groups excluding carboxylic acids is 1. The second kappa shape index (κ2) is 7.50. The van der Waals surface area contributed by atoms with Gasteiger partial charge in [-0.25, -0.2) is 0 Å². The van der Waals surface area contributed by atoms with Gasteiger partial charge in [0.05, 0.1) is 11.6 Å². The SMILES string of the molecule is N#CCNC(=O)COc1ccc(CCN)cc1C(F)(F)F. The Hall–Kier alpha value is -2.27. The molecule has 1 rings (SSSR count). The first-order valence-corrected chi connectivity index (χ1v) is 6.05. The van der Waals surface area contributed by atoms with Gasteiger partial charge in [-0.3, -0.25) is 4.79 Å². The molecule has 0 aliphatic carbocycles. The standard InChI is InChI=1S/C13H14F3N3O2/c14-13(15,16)10-7-9(3-4-17)1-2-11(10)21-8-12(20)19-6-5-18/h1-2,7H,3-4,6,8,17H2,(H,19,20). The Kier molecular flexibility index (Phi) is 5.99. The number of nitrogens with two attached hydrogens (primary N) is 1. The second-order valence-electron chi connectivity index (χ2n) is 4.09. The Labute approximate surface area is 119 Å². The summed E-state index contributed by atoms with van der Waals surface area (Å²) in [6.45, 7) is -0.598. The van der Waals surface area contributed by atoms with E-state index in [1.54, 1.807) is 6.07 Å². The summed E-state index contributed by atoms with van der Waals surface area (Å²) in [6.07, 6.45) is -4.28. The van der Waals surface area contributed by atoms with Crippen LogP contribution in [0.1, 0.15) is 11.1 Å². The van der Waals surface area contributed by atoms with Crippen LogP contribution >= 0.6 is 0 Å². The molecule has 0 aromatic heterocycles. The van der Waals surface area contributed by atoms with Gasteiger partial charge in [0.2, 0.25) is 0 Å². The van der Waals surface area contributed by atoms with E-state index in [9.17, 15) is 18.0 Å². The lowest BCUT2D eigenvalue weighted by Gasteiger charge is -2.15. The smallest absolute Gasteiger partial charge is 0.419 e. The third-order valence-electron chi connectivity index (χ3n) is 2.51. The summed E-state index contributed by atoms with van der Waals surface area (Å²) in [5, 5.41) is 10.4. The fourth-order valence-corrected chi connectivity index (χ4v) is 1.58. The van der Waals surface area contributed by atoms with E-state index in [0.29, 0.717) is 12.0 Å². The molecule has 3 N–H and O–H groups in total. The van der Waals surface area contributed by atoms with Crippen molar-refractivity contribution in [3.8, 4) is 11.8 Å². The van der Waals surface area contributed by atoms with Crippen LogP contribution in [0.25, 0.3) is 0 Å². The van der Waals surface area contributed by atoms with Crippen molar-refractivity contribution in [3.63, 3.8) is 0 Å². The molecule has 0 atom stereocenters. The maximum Gasteiger partial charge on any atom is 0.419 e. The van der Waals surface area contributed by atoms with E-state index in [1.807, 2.05) is 0 Å². The predicted molar refractivity (Wildman–Crippen MR) is 68.3 cm³/mol. The summed E-state index contributed by atoms with van der Waals surface area (Å²) in [6, 6.07) is 5.25. The zero-order valence-corrected chi connectivity index (χ0v) is 11.0. The number of hydrogen-bond acceptors (Lipinski definition) is 4. The zero-order chi connectivity index (χ0) is 15.9. The summed E-state index contributed by atoms with van der Waals surface area (Å²) >= 11 is 0. The third-order valence-corrected chi connectivity index (χ3v) is 2.51. The van der Waals surface area contributed by atoms with Gasteiger partial charge in [-0.15, -0.1) is 0 Å². The first-order chi connectivity index (χ1) is 9.88. The first-order valence-electron chi connectivity index (χ1n) is 6.05. The van der Waals surface area contributed by atoms with Crippen molar-refractivity contribution in [2.45, 2.75) is 12.6 Å². The summed E-state index contributed by atoms with van der Waals surface area (Å²) in [7, 11) is 0. The molecule has 0 spiro atoms. The molecule has 5 nitrogen and oxygen atoms in total. The van der Waals surface area contributed by atoms with Gasteiger partial charge in [-0.1, -0.05) is 6.07 Å². The van der Waals surface area contributed by atoms with Crippen LogP contribution in [0.4, 0.5) is 13.2 Å². The summed E-state index contributed by atoms with van der Waals surface area (Å²) in [4.78, 5) is 11.2. The van der Waals surface area contributed by atoms with Crippen LogP contribution < -0.4 is 15.8 Å². The maximum atomic E-state index is 12.9. The van der Waals surface area contributed by atoms with Crippen LogP contribution in [0.2, 0.25) is 0 Å². The van der Waals surface area contributed by atoms with E-state index in [-0.39, 0.29) is 13.1 Å². The van der Waals surface area contributed by atoms with E-state index in [4.69, 9.17) is 15.7 Å². The molecule has 0 saturated carbocycles. The van der Waals surface area contributed by atoms with Crippen molar-refractivity contribution in [2.24, 2.45) is 5.73 Å². The molecule has 21 heavy (non-hydrogen) atoms. The number of alkyl halides is 3. The fourth-order valence-electron chi connectivity index (χ4n) is 1.58. The molecule has 114 valence electrons. The highest BCUT2D eigenvalue weighted by Gasteiger charge is 2.34. The van der Waals surface area contributed by atoms with Gasteiger partial charge in [0, 0.05) is 0 Å². The van der Waals surface area contributed by atoms with E-state index in [0.717, 1.165) is 12.1 Å². The van der Waals surface area contributed by atoms with Crippen molar-refractivity contribution in [2.75, 3.05) is 19.7 Å². The Balaban J connectivity index is 2.86. The molecular weight excluding hydrogens is 287 g/mol. The van der Waals surface area contributed by atoms with Crippen molar-refractivity contribution < 1.29 is 22.7 Å². The summed E-state index contributed by atoms with van der Waals surface area (Å²) in [5.41, 5.74) is 4.79. The number of nitrogens with one attached hydrogen (secondary N) is 1. The van der Waals surface area contributed by atoms with Crippen molar-refractivity contribution in [1.29, 1.82) is 5.26 Å². The summed E-state index contributed by atoms with van der Waals surface area (Å²) < 4.78 is 43.7. The van der Waals surface area contributed by atoms with Gasteiger partial charge in [0.25, 0.3) is 5.91 Å². The average molecular weight is 301 g/mol. The minimum absolute atomic E-state index is 0.230. The van der Waals surface area contributed by atoms with Crippen molar-refractivity contribution in [1.82, 2.24) is 5.32 Å². The molecule has 0 fully saturated rings. The molecule has 0 aliphatic heterocycles. The van der Waals surface area contributed by atoms with Gasteiger partial charge in [0.15, 0.2) is 6.61 Å². The lowest BCUT2D eigenvalue weighted by atomic mass is 10.1. The highest BCUT2D eigenvalue weighted by Crippen LogP contribution is 2.36. The average Bonchev–Trinajstić information content (AvgIpc) is 2.43. The van der Waals surface area contributed by atoms with Crippen LogP contribution in [-0.2, 0) is 17.4 Å². The number of halogens is 3. The Bertz CT molecular complexity index is 538. The van der Waals surface area contributed by atoms with Crippen LogP contribution in [0.15, 0.2) is 18.2 Å². The van der Waals surface area contributed by atoms with Gasteiger partial charge >= 0.3 is 6.18 Å². The number of carbonyl (C=O) groups is 1. The fraction of sp³-hybridized carbons (Fsp3) is 0.385. The topological polar surface area (TPSA) is 88.1 Å². The number of rotatable bonds is 6. The molecule has 0 radical (unpaired) electrons.